The zero-order chi connectivity index (χ0) is 20.6. The van der Waals surface area contributed by atoms with E-state index in [1.165, 1.54) is 65.4 Å². The lowest BCUT2D eigenvalue weighted by atomic mass is 9.79. The molecule has 1 aromatic heterocycles. The normalized spacial score (nSPS) is 21.5. The highest BCUT2D eigenvalue weighted by atomic mass is 35.5. The van der Waals surface area contributed by atoms with Crippen LogP contribution in [0.4, 0.5) is 0 Å². The Hall–Kier alpha value is -2.19. The molecule has 2 nitrogen and oxygen atoms in total. The van der Waals surface area contributed by atoms with Gasteiger partial charge in [-0.25, -0.2) is 0 Å². The maximum Gasteiger partial charge on any atom is 0.114 e. The van der Waals surface area contributed by atoms with Crippen LogP contribution in [-0.4, -0.2) is 10.4 Å². The van der Waals surface area contributed by atoms with Crippen LogP contribution in [0.2, 0.25) is 0 Å². The molecular formula is C27H31ClN2. The summed E-state index contributed by atoms with van der Waals surface area (Å²) in [7, 11) is 0. The Morgan fingerprint density at radius 1 is 1.03 bits per heavy atom. The molecule has 1 saturated carbocycles. The number of aryl methyl sites for hydroxylation is 1. The number of nitrogens with one attached hydrogen (secondary N) is 1. The number of alkyl halides is 1. The standard InChI is InChI=1S/C27H31ClN2/c1-27(22-10-6-3-7-11-22)29-17-15-26-23(14-16-28)24-19-21(12-13-25(24)30(26)27)18-20-8-4-2-5-9-20/h2,4-5,8-9,12-13,15,17,19,22,29H,3,6-7,10-11,14,16,18H2,1H3. The molecule has 1 unspecified atom stereocenters. The van der Waals surface area contributed by atoms with Crippen LogP contribution in [-0.2, 0) is 18.5 Å². The number of benzene rings is 2. The Morgan fingerprint density at radius 3 is 2.60 bits per heavy atom. The van der Waals surface area contributed by atoms with Crippen molar-refractivity contribution in [3.8, 4) is 0 Å². The van der Waals surface area contributed by atoms with Gasteiger partial charge in [0, 0.05) is 29.1 Å². The lowest BCUT2D eigenvalue weighted by molar-refractivity contribution is 0.121. The average Bonchev–Trinajstić information content (AvgIpc) is 3.10. The lowest BCUT2D eigenvalue weighted by Crippen LogP contribution is -2.51. The third kappa shape index (κ3) is 3.36. The summed E-state index contributed by atoms with van der Waals surface area (Å²) < 4.78 is 2.59. The number of nitrogens with zero attached hydrogens (tertiary/aromatic N) is 1. The summed E-state index contributed by atoms with van der Waals surface area (Å²) in [5.74, 6) is 1.30. The van der Waals surface area contributed by atoms with Gasteiger partial charge >= 0.3 is 0 Å². The van der Waals surface area contributed by atoms with E-state index in [4.69, 9.17) is 11.6 Å². The predicted octanol–water partition coefficient (Wildman–Crippen LogP) is 6.84. The van der Waals surface area contributed by atoms with Crippen molar-refractivity contribution in [1.82, 2.24) is 9.88 Å². The van der Waals surface area contributed by atoms with Gasteiger partial charge in [-0.2, -0.15) is 0 Å². The predicted molar refractivity (Wildman–Crippen MR) is 128 cm³/mol. The number of hydrogen-bond acceptors (Lipinski definition) is 1. The number of rotatable bonds is 5. The number of hydrogen-bond donors (Lipinski definition) is 1. The molecule has 2 aliphatic rings. The first-order valence-corrected chi connectivity index (χ1v) is 11.9. The average molecular weight is 419 g/mol. The van der Waals surface area contributed by atoms with Gasteiger partial charge in [0.1, 0.15) is 5.66 Å². The summed E-state index contributed by atoms with van der Waals surface area (Å²) in [6.45, 7) is 2.40. The van der Waals surface area contributed by atoms with Crippen LogP contribution in [0.25, 0.3) is 17.0 Å². The fourth-order valence-corrected chi connectivity index (χ4v) is 5.90. The van der Waals surface area contributed by atoms with E-state index in [-0.39, 0.29) is 5.66 Å². The molecule has 0 saturated heterocycles. The van der Waals surface area contributed by atoms with Crippen molar-refractivity contribution < 1.29 is 0 Å². The van der Waals surface area contributed by atoms with Gasteiger partial charge in [0.05, 0.1) is 5.52 Å². The molecule has 0 amide bonds. The van der Waals surface area contributed by atoms with E-state index in [9.17, 15) is 0 Å². The SMILES string of the molecule is CC1(C2CCCCC2)NC=Cc2c(CCCl)c3cc(Cc4ccccc4)ccc3n21. The van der Waals surface area contributed by atoms with E-state index in [1.807, 2.05) is 0 Å². The molecule has 0 bridgehead atoms. The maximum atomic E-state index is 6.28. The number of halogens is 1. The van der Waals surface area contributed by atoms with Gasteiger partial charge in [-0.15, -0.1) is 11.6 Å². The zero-order valence-corrected chi connectivity index (χ0v) is 18.6. The molecule has 2 heterocycles. The summed E-state index contributed by atoms with van der Waals surface area (Å²) in [5, 5.41) is 5.14. The van der Waals surface area contributed by atoms with E-state index in [0.717, 1.165) is 12.8 Å². The molecule has 1 fully saturated rings. The van der Waals surface area contributed by atoms with E-state index >= 15 is 0 Å². The van der Waals surface area contributed by atoms with Crippen molar-refractivity contribution >= 4 is 28.6 Å². The van der Waals surface area contributed by atoms with Crippen LogP contribution in [0.3, 0.4) is 0 Å². The second kappa shape index (κ2) is 8.15. The van der Waals surface area contributed by atoms with E-state index in [0.29, 0.717) is 11.8 Å². The van der Waals surface area contributed by atoms with Gasteiger partial charge in [-0.1, -0.05) is 55.7 Å². The van der Waals surface area contributed by atoms with Crippen LogP contribution in [0.1, 0.15) is 61.4 Å². The molecule has 1 aliphatic heterocycles. The summed E-state index contributed by atoms with van der Waals surface area (Å²) in [5.41, 5.74) is 6.72. The van der Waals surface area contributed by atoms with Gasteiger partial charge in [-0.05, 0) is 67.5 Å². The summed E-state index contributed by atoms with van der Waals surface area (Å²) >= 11 is 6.28. The van der Waals surface area contributed by atoms with Crippen molar-refractivity contribution in [3.63, 3.8) is 0 Å². The highest BCUT2D eigenvalue weighted by molar-refractivity contribution is 6.18. The number of fused-ring (bicyclic) bond motifs is 3. The fraction of sp³-hybridized carbons (Fsp3) is 0.407. The van der Waals surface area contributed by atoms with Gasteiger partial charge in [0.25, 0.3) is 0 Å². The van der Waals surface area contributed by atoms with Crippen molar-refractivity contribution in [2.45, 2.75) is 57.5 Å². The molecule has 156 valence electrons. The van der Waals surface area contributed by atoms with Crippen LogP contribution in [0.15, 0.2) is 54.7 Å². The Bertz CT molecular complexity index is 1060. The monoisotopic (exact) mass is 418 g/mol. The minimum absolute atomic E-state index is 0.0751. The maximum absolute atomic E-state index is 6.28. The minimum Gasteiger partial charge on any atom is -0.368 e. The molecule has 3 aromatic rings. The second-order valence-electron chi connectivity index (χ2n) is 9.11. The number of aromatic nitrogens is 1. The topological polar surface area (TPSA) is 17.0 Å². The van der Waals surface area contributed by atoms with Crippen LogP contribution >= 0.6 is 11.6 Å². The molecule has 1 aliphatic carbocycles. The van der Waals surface area contributed by atoms with E-state index < -0.39 is 0 Å². The van der Waals surface area contributed by atoms with E-state index in [1.54, 1.807) is 0 Å². The summed E-state index contributed by atoms with van der Waals surface area (Å²) in [4.78, 5) is 0. The molecule has 3 heteroatoms. The van der Waals surface area contributed by atoms with Gasteiger partial charge < -0.3 is 9.88 Å². The quantitative estimate of drug-likeness (QED) is 0.449. The highest BCUT2D eigenvalue weighted by Gasteiger charge is 2.40. The zero-order valence-electron chi connectivity index (χ0n) is 17.8. The fourth-order valence-electron chi connectivity index (χ4n) is 5.72. The molecule has 1 atom stereocenters. The Labute approximate surface area is 184 Å². The largest absolute Gasteiger partial charge is 0.368 e. The van der Waals surface area contributed by atoms with Gasteiger partial charge in [0.2, 0.25) is 0 Å². The summed E-state index contributed by atoms with van der Waals surface area (Å²) in [6.07, 6.45) is 13.0. The third-order valence-corrected chi connectivity index (χ3v) is 7.44. The Morgan fingerprint density at radius 2 is 1.83 bits per heavy atom. The summed E-state index contributed by atoms with van der Waals surface area (Å²) in [6, 6.07) is 17.8. The van der Waals surface area contributed by atoms with Crippen molar-refractivity contribution in [2.24, 2.45) is 5.92 Å². The molecule has 0 radical (unpaired) electrons. The smallest absolute Gasteiger partial charge is 0.114 e. The first kappa shape index (κ1) is 19.8. The Balaban J connectivity index is 1.64. The van der Waals surface area contributed by atoms with Crippen molar-refractivity contribution in [2.75, 3.05) is 5.88 Å². The molecule has 2 aromatic carbocycles. The molecule has 5 rings (SSSR count). The Kier molecular flexibility index (Phi) is 5.37. The lowest BCUT2D eigenvalue weighted by Gasteiger charge is -2.44. The van der Waals surface area contributed by atoms with Crippen LogP contribution < -0.4 is 5.32 Å². The molecule has 0 spiro atoms. The second-order valence-corrected chi connectivity index (χ2v) is 9.49. The first-order valence-electron chi connectivity index (χ1n) is 11.4. The minimum atomic E-state index is -0.0751. The van der Waals surface area contributed by atoms with Crippen LogP contribution in [0, 0.1) is 5.92 Å². The van der Waals surface area contributed by atoms with Crippen molar-refractivity contribution in [1.29, 1.82) is 0 Å². The van der Waals surface area contributed by atoms with Crippen molar-refractivity contribution in [3.05, 3.63) is 77.1 Å². The van der Waals surface area contributed by atoms with E-state index in [2.05, 4.69) is 77.6 Å². The molecule has 30 heavy (non-hydrogen) atoms. The third-order valence-electron chi connectivity index (χ3n) is 7.25. The molecule has 1 N–H and O–H groups in total. The first-order chi connectivity index (χ1) is 14.7. The van der Waals surface area contributed by atoms with Crippen LogP contribution in [0.5, 0.6) is 0 Å². The van der Waals surface area contributed by atoms with Gasteiger partial charge in [0.15, 0.2) is 0 Å². The van der Waals surface area contributed by atoms with Gasteiger partial charge in [-0.3, -0.25) is 0 Å². The highest BCUT2D eigenvalue weighted by Crippen LogP contribution is 2.43. The molecular weight excluding hydrogens is 388 g/mol.